The second kappa shape index (κ2) is 5.87. The highest BCUT2D eigenvalue weighted by Crippen LogP contribution is 2.28. The van der Waals surface area contributed by atoms with Gasteiger partial charge in [0.25, 0.3) is 0 Å². The summed E-state index contributed by atoms with van der Waals surface area (Å²) in [4.78, 5) is 4.15. The van der Waals surface area contributed by atoms with E-state index in [4.69, 9.17) is 4.74 Å². The fourth-order valence-corrected chi connectivity index (χ4v) is 2.11. The molecule has 0 unspecified atom stereocenters. The second-order valence-electron chi connectivity index (χ2n) is 3.95. The van der Waals surface area contributed by atoms with Crippen LogP contribution in [-0.2, 0) is 0 Å². The number of halogens is 1. The van der Waals surface area contributed by atoms with Gasteiger partial charge in [-0.1, -0.05) is 15.9 Å². The zero-order chi connectivity index (χ0) is 13.0. The Labute approximate surface area is 115 Å². The Morgan fingerprint density at radius 1 is 1.28 bits per heavy atom. The number of aromatic nitrogens is 1. The summed E-state index contributed by atoms with van der Waals surface area (Å²) in [5, 5.41) is 3.21. The van der Waals surface area contributed by atoms with Gasteiger partial charge in [0.1, 0.15) is 11.5 Å². The number of rotatable bonds is 4. The molecule has 1 heterocycles. The third kappa shape index (κ3) is 3.23. The first-order valence-corrected chi connectivity index (χ1v) is 6.61. The van der Waals surface area contributed by atoms with Gasteiger partial charge in [0.05, 0.1) is 18.1 Å². The van der Waals surface area contributed by atoms with E-state index in [1.54, 1.807) is 12.4 Å². The summed E-state index contributed by atoms with van der Waals surface area (Å²) in [5.41, 5.74) is 2.04. The van der Waals surface area contributed by atoms with Crippen molar-refractivity contribution in [3.05, 3.63) is 46.7 Å². The van der Waals surface area contributed by atoms with E-state index in [0.29, 0.717) is 0 Å². The Morgan fingerprint density at radius 2 is 2.11 bits per heavy atom. The normalized spacial score (nSPS) is 10.2. The van der Waals surface area contributed by atoms with E-state index < -0.39 is 0 Å². The average Bonchev–Trinajstić information content (AvgIpc) is 2.34. The van der Waals surface area contributed by atoms with Crippen molar-refractivity contribution in [1.29, 1.82) is 0 Å². The summed E-state index contributed by atoms with van der Waals surface area (Å²) >= 11 is 3.44. The molecule has 0 atom stereocenters. The number of nitrogens with one attached hydrogen (secondary N) is 1. The number of hydrogen-bond acceptors (Lipinski definition) is 3. The highest BCUT2D eigenvalue weighted by atomic mass is 79.9. The predicted molar refractivity (Wildman–Crippen MR) is 77.4 cm³/mol. The number of anilines is 1. The van der Waals surface area contributed by atoms with Gasteiger partial charge in [0.15, 0.2) is 0 Å². The summed E-state index contributed by atoms with van der Waals surface area (Å²) in [7, 11) is 0. The maximum atomic E-state index is 5.83. The van der Waals surface area contributed by atoms with Gasteiger partial charge < -0.3 is 10.1 Å². The van der Waals surface area contributed by atoms with E-state index in [0.717, 1.165) is 33.8 Å². The van der Waals surface area contributed by atoms with E-state index >= 15 is 0 Å². The molecule has 0 radical (unpaired) electrons. The lowest BCUT2D eigenvalue weighted by Gasteiger charge is -2.10. The van der Waals surface area contributed by atoms with Crippen molar-refractivity contribution in [3.63, 3.8) is 0 Å². The van der Waals surface area contributed by atoms with Crippen LogP contribution >= 0.6 is 15.9 Å². The molecular weight excluding hydrogens is 292 g/mol. The van der Waals surface area contributed by atoms with E-state index in [9.17, 15) is 0 Å². The number of ether oxygens (including phenoxy) is 1. The molecule has 0 aliphatic heterocycles. The molecule has 0 spiro atoms. The standard InChI is InChI=1S/C14H15BrN2O/c1-3-17-12-7-13(9-16-8-12)18-14-5-4-11(15)6-10(14)2/h4-9,17H,3H2,1-2H3. The minimum Gasteiger partial charge on any atom is -0.455 e. The molecule has 3 nitrogen and oxygen atoms in total. The van der Waals surface area contributed by atoms with E-state index in [1.165, 1.54) is 0 Å². The first-order valence-electron chi connectivity index (χ1n) is 5.82. The van der Waals surface area contributed by atoms with E-state index in [-0.39, 0.29) is 0 Å². The molecule has 0 aliphatic rings. The third-order valence-electron chi connectivity index (χ3n) is 2.46. The maximum Gasteiger partial charge on any atom is 0.147 e. The van der Waals surface area contributed by atoms with Crippen molar-refractivity contribution >= 4 is 21.6 Å². The highest BCUT2D eigenvalue weighted by Gasteiger charge is 2.03. The Balaban J connectivity index is 2.20. The van der Waals surface area contributed by atoms with Crippen LogP contribution in [0.5, 0.6) is 11.5 Å². The zero-order valence-corrected chi connectivity index (χ0v) is 12.0. The molecular formula is C14H15BrN2O. The van der Waals surface area contributed by atoms with Crippen LogP contribution < -0.4 is 10.1 Å². The smallest absolute Gasteiger partial charge is 0.147 e. The minimum absolute atomic E-state index is 0.735. The zero-order valence-electron chi connectivity index (χ0n) is 10.4. The molecule has 2 aromatic rings. The summed E-state index contributed by atoms with van der Waals surface area (Å²) in [6.07, 6.45) is 3.49. The van der Waals surface area contributed by atoms with Gasteiger partial charge in [-0.15, -0.1) is 0 Å². The maximum absolute atomic E-state index is 5.83. The van der Waals surface area contributed by atoms with Crippen LogP contribution in [0.3, 0.4) is 0 Å². The van der Waals surface area contributed by atoms with Crippen molar-refractivity contribution in [1.82, 2.24) is 4.98 Å². The van der Waals surface area contributed by atoms with Crippen molar-refractivity contribution in [2.45, 2.75) is 13.8 Å². The van der Waals surface area contributed by atoms with E-state index in [1.807, 2.05) is 38.1 Å². The molecule has 0 fully saturated rings. The van der Waals surface area contributed by atoms with Crippen molar-refractivity contribution in [2.75, 3.05) is 11.9 Å². The average molecular weight is 307 g/mol. The summed E-state index contributed by atoms with van der Waals surface area (Å²) < 4.78 is 6.88. The Hall–Kier alpha value is -1.55. The fraction of sp³-hybridized carbons (Fsp3) is 0.214. The monoisotopic (exact) mass is 306 g/mol. The van der Waals surface area contributed by atoms with Crippen LogP contribution in [0.2, 0.25) is 0 Å². The topological polar surface area (TPSA) is 34.2 Å². The number of benzene rings is 1. The predicted octanol–water partition coefficient (Wildman–Crippen LogP) is 4.38. The first-order chi connectivity index (χ1) is 8.69. The van der Waals surface area contributed by atoms with Crippen LogP contribution in [0, 0.1) is 6.92 Å². The van der Waals surface area contributed by atoms with Crippen molar-refractivity contribution in [2.24, 2.45) is 0 Å². The minimum atomic E-state index is 0.735. The molecule has 2 rings (SSSR count). The molecule has 94 valence electrons. The van der Waals surface area contributed by atoms with Gasteiger partial charge in [0.2, 0.25) is 0 Å². The van der Waals surface area contributed by atoms with E-state index in [2.05, 4.69) is 26.2 Å². The fourth-order valence-electron chi connectivity index (χ4n) is 1.63. The summed E-state index contributed by atoms with van der Waals surface area (Å²) in [6.45, 7) is 4.93. The van der Waals surface area contributed by atoms with Gasteiger partial charge in [-0.2, -0.15) is 0 Å². The molecule has 0 aliphatic carbocycles. The molecule has 4 heteroatoms. The van der Waals surface area contributed by atoms with Crippen LogP contribution in [0.4, 0.5) is 5.69 Å². The van der Waals surface area contributed by atoms with Crippen molar-refractivity contribution in [3.8, 4) is 11.5 Å². The SMILES string of the molecule is CCNc1cncc(Oc2ccc(Br)cc2C)c1. The highest BCUT2D eigenvalue weighted by molar-refractivity contribution is 9.10. The van der Waals surface area contributed by atoms with Gasteiger partial charge in [-0.25, -0.2) is 0 Å². The second-order valence-corrected chi connectivity index (χ2v) is 4.87. The Kier molecular flexibility index (Phi) is 4.20. The molecule has 18 heavy (non-hydrogen) atoms. The number of hydrogen-bond donors (Lipinski definition) is 1. The van der Waals surface area contributed by atoms with Crippen LogP contribution in [0.1, 0.15) is 12.5 Å². The van der Waals surface area contributed by atoms with Gasteiger partial charge in [0, 0.05) is 17.1 Å². The number of nitrogens with zero attached hydrogens (tertiary/aromatic N) is 1. The van der Waals surface area contributed by atoms with Gasteiger partial charge in [-0.05, 0) is 37.6 Å². The quantitative estimate of drug-likeness (QED) is 0.910. The Morgan fingerprint density at radius 3 is 2.83 bits per heavy atom. The van der Waals surface area contributed by atoms with Gasteiger partial charge in [-0.3, -0.25) is 4.98 Å². The Bertz CT molecular complexity index is 543. The lowest BCUT2D eigenvalue weighted by Crippen LogP contribution is -1.97. The van der Waals surface area contributed by atoms with Crippen molar-refractivity contribution < 1.29 is 4.74 Å². The summed E-state index contributed by atoms with van der Waals surface area (Å²) in [5.74, 6) is 1.58. The summed E-state index contributed by atoms with van der Waals surface area (Å²) in [6, 6.07) is 7.87. The van der Waals surface area contributed by atoms with Crippen LogP contribution in [0.25, 0.3) is 0 Å². The van der Waals surface area contributed by atoms with Gasteiger partial charge >= 0.3 is 0 Å². The molecule has 0 bridgehead atoms. The molecule has 1 aromatic carbocycles. The number of pyridine rings is 1. The van der Waals surface area contributed by atoms with Crippen LogP contribution in [-0.4, -0.2) is 11.5 Å². The number of aryl methyl sites for hydroxylation is 1. The molecule has 0 amide bonds. The third-order valence-corrected chi connectivity index (χ3v) is 2.95. The lowest BCUT2D eigenvalue weighted by atomic mass is 10.2. The van der Waals surface area contributed by atoms with Crippen LogP contribution in [0.15, 0.2) is 41.1 Å². The largest absolute Gasteiger partial charge is 0.455 e. The molecule has 1 N–H and O–H groups in total. The lowest BCUT2D eigenvalue weighted by molar-refractivity contribution is 0.476. The molecule has 0 saturated heterocycles. The molecule has 0 saturated carbocycles. The first kappa shape index (κ1) is 12.9. The molecule has 1 aromatic heterocycles.